The highest BCUT2D eigenvalue weighted by Crippen LogP contribution is 2.23. The van der Waals surface area contributed by atoms with Crippen molar-refractivity contribution in [3.05, 3.63) is 53.4 Å². The van der Waals surface area contributed by atoms with Gasteiger partial charge >= 0.3 is 0 Å². The molecular weight excluding hydrogens is 330 g/mol. The molecule has 0 aliphatic heterocycles. The van der Waals surface area contributed by atoms with Crippen molar-refractivity contribution in [1.29, 1.82) is 0 Å². The molecule has 0 aromatic carbocycles. The average Bonchev–Trinajstić information content (AvgIpc) is 3.23. The third-order valence-corrected chi connectivity index (χ3v) is 4.28. The maximum absolute atomic E-state index is 5.43. The molecule has 1 N–H and O–H groups in total. The second-order valence-electron chi connectivity index (χ2n) is 6.29. The van der Waals surface area contributed by atoms with Crippen molar-refractivity contribution < 1.29 is 4.52 Å². The molecule has 4 aromatic rings. The minimum Gasteiger partial charge on any atom is -0.358 e. The predicted molar refractivity (Wildman–Crippen MR) is 96.8 cm³/mol. The lowest BCUT2D eigenvalue weighted by Gasteiger charge is -2.13. The van der Waals surface area contributed by atoms with E-state index in [0.29, 0.717) is 11.7 Å². The lowest BCUT2D eigenvalue weighted by molar-refractivity contribution is 0.367. The fourth-order valence-corrected chi connectivity index (χ4v) is 2.76. The molecule has 4 heterocycles. The zero-order valence-corrected chi connectivity index (χ0v) is 15.1. The van der Waals surface area contributed by atoms with Crippen LogP contribution in [0.3, 0.4) is 0 Å². The number of fused-ring (bicyclic) bond motifs is 1. The molecular formula is C18H19N7O. The first-order valence-corrected chi connectivity index (χ1v) is 8.37. The van der Waals surface area contributed by atoms with Crippen LogP contribution in [0.15, 0.2) is 35.1 Å². The summed E-state index contributed by atoms with van der Waals surface area (Å²) in [6, 6.07) is 5.49. The summed E-state index contributed by atoms with van der Waals surface area (Å²) in [4.78, 5) is 13.1. The van der Waals surface area contributed by atoms with Crippen LogP contribution >= 0.6 is 0 Å². The van der Waals surface area contributed by atoms with Gasteiger partial charge < -0.3 is 9.84 Å². The van der Waals surface area contributed by atoms with Gasteiger partial charge in [-0.3, -0.25) is 4.98 Å². The number of aromatic nitrogens is 6. The summed E-state index contributed by atoms with van der Waals surface area (Å²) in [6.45, 7) is 7.93. The van der Waals surface area contributed by atoms with Crippen LogP contribution in [0, 0.1) is 20.8 Å². The van der Waals surface area contributed by atoms with Gasteiger partial charge in [0.1, 0.15) is 11.9 Å². The van der Waals surface area contributed by atoms with E-state index >= 15 is 0 Å². The highest BCUT2D eigenvalue weighted by Gasteiger charge is 2.18. The molecule has 0 saturated carbocycles. The second-order valence-corrected chi connectivity index (χ2v) is 6.29. The van der Waals surface area contributed by atoms with Gasteiger partial charge in [-0.2, -0.15) is 14.6 Å². The van der Waals surface area contributed by atoms with Crippen LogP contribution < -0.4 is 5.32 Å². The minimum absolute atomic E-state index is 0.192. The molecule has 0 aliphatic rings. The fourth-order valence-electron chi connectivity index (χ4n) is 2.76. The molecule has 0 fully saturated rings. The van der Waals surface area contributed by atoms with E-state index in [9.17, 15) is 0 Å². The normalized spacial score (nSPS) is 12.5. The molecule has 132 valence electrons. The Kier molecular flexibility index (Phi) is 3.87. The predicted octanol–water partition coefficient (Wildman–Crippen LogP) is 3.27. The quantitative estimate of drug-likeness (QED) is 0.604. The Labute approximate surface area is 150 Å². The van der Waals surface area contributed by atoms with Crippen LogP contribution in [0.4, 0.5) is 5.82 Å². The van der Waals surface area contributed by atoms with Gasteiger partial charge in [-0.05, 0) is 39.8 Å². The van der Waals surface area contributed by atoms with Crippen molar-refractivity contribution in [2.75, 3.05) is 5.32 Å². The van der Waals surface area contributed by atoms with E-state index in [1.807, 2.05) is 50.4 Å². The van der Waals surface area contributed by atoms with E-state index in [0.717, 1.165) is 34.0 Å². The van der Waals surface area contributed by atoms with Crippen molar-refractivity contribution in [3.8, 4) is 11.4 Å². The number of rotatable bonds is 4. The minimum atomic E-state index is -0.192. The molecule has 1 atom stereocenters. The van der Waals surface area contributed by atoms with Crippen molar-refractivity contribution in [2.45, 2.75) is 33.7 Å². The molecule has 0 aliphatic carbocycles. The number of nitrogens with one attached hydrogen (secondary N) is 1. The summed E-state index contributed by atoms with van der Waals surface area (Å²) in [5.41, 5.74) is 4.60. The van der Waals surface area contributed by atoms with Gasteiger partial charge in [-0.15, -0.1) is 0 Å². The first-order chi connectivity index (χ1) is 12.5. The van der Waals surface area contributed by atoms with Crippen molar-refractivity contribution in [3.63, 3.8) is 0 Å². The van der Waals surface area contributed by atoms with Crippen molar-refractivity contribution in [2.24, 2.45) is 0 Å². The summed E-state index contributed by atoms with van der Waals surface area (Å²) in [5.74, 6) is 1.84. The molecule has 0 unspecified atom stereocenters. The molecule has 0 amide bonds. The second kappa shape index (κ2) is 6.21. The smallest absolute Gasteiger partial charge is 0.249 e. The van der Waals surface area contributed by atoms with Crippen LogP contribution in [0.2, 0.25) is 0 Å². The number of hydrogen-bond acceptors (Lipinski definition) is 7. The number of nitrogens with zero attached hydrogens (tertiary/aromatic N) is 6. The summed E-state index contributed by atoms with van der Waals surface area (Å²) >= 11 is 0. The van der Waals surface area contributed by atoms with Gasteiger partial charge in [0.2, 0.25) is 11.7 Å². The number of hydrogen-bond donors (Lipinski definition) is 1. The standard InChI is InChI=1S/C18H19N7O/c1-10-8-15(25-17(20-10)11(2)12(3)23-25)21-13(4)18-22-16(24-26-18)14-6-5-7-19-9-14/h5-9,13,21H,1-4H3/t13-/m0/s1. The fraction of sp³-hybridized carbons (Fsp3) is 0.278. The van der Waals surface area contributed by atoms with Gasteiger partial charge in [0.15, 0.2) is 5.65 Å². The van der Waals surface area contributed by atoms with E-state index in [1.54, 1.807) is 12.4 Å². The van der Waals surface area contributed by atoms with Gasteiger partial charge in [0.25, 0.3) is 0 Å². The summed E-state index contributed by atoms with van der Waals surface area (Å²) in [6.07, 6.45) is 3.41. The molecule has 8 heteroatoms. The number of pyridine rings is 1. The lowest BCUT2D eigenvalue weighted by Crippen LogP contribution is -2.11. The first kappa shape index (κ1) is 16.2. The van der Waals surface area contributed by atoms with Crippen LogP contribution in [-0.2, 0) is 0 Å². The monoisotopic (exact) mass is 349 g/mol. The Morgan fingerprint density at radius 1 is 1.19 bits per heavy atom. The average molecular weight is 349 g/mol. The van der Waals surface area contributed by atoms with E-state index in [2.05, 4.69) is 30.5 Å². The third-order valence-electron chi connectivity index (χ3n) is 4.28. The van der Waals surface area contributed by atoms with Gasteiger partial charge in [-0.1, -0.05) is 5.16 Å². The molecule has 0 saturated heterocycles. The number of anilines is 1. The Balaban J connectivity index is 1.65. The van der Waals surface area contributed by atoms with Crippen molar-refractivity contribution >= 4 is 11.5 Å². The highest BCUT2D eigenvalue weighted by atomic mass is 16.5. The van der Waals surface area contributed by atoms with Gasteiger partial charge in [-0.25, -0.2) is 4.98 Å². The van der Waals surface area contributed by atoms with Crippen molar-refractivity contribution in [1.82, 2.24) is 29.7 Å². The van der Waals surface area contributed by atoms with Crippen LogP contribution in [-0.4, -0.2) is 29.7 Å². The Morgan fingerprint density at radius 2 is 2.04 bits per heavy atom. The van der Waals surface area contributed by atoms with E-state index in [4.69, 9.17) is 4.52 Å². The zero-order valence-electron chi connectivity index (χ0n) is 15.1. The van der Waals surface area contributed by atoms with E-state index in [-0.39, 0.29) is 6.04 Å². The van der Waals surface area contributed by atoms with E-state index in [1.165, 1.54) is 0 Å². The largest absolute Gasteiger partial charge is 0.358 e. The van der Waals surface area contributed by atoms with Crippen LogP contribution in [0.1, 0.15) is 35.8 Å². The van der Waals surface area contributed by atoms with Crippen LogP contribution in [0.5, 0.6) is 0 Å². The first-order valence-electron chi connectivity index (χ1n) is 8.37. The Morgan fingerprint density at radius 3 is 2.81 bits per heavy atom. The Bertz CT molecular complexity index is 1070. The summed E-state index contributed by atoms with van der Waals surface area (Å²) in [7, 11) is 0. The topological polar surface area (TPSA) is 94.0 Å². The Hall–Kier alpha value is -3.29. The molecule has 0 spiro atoms. The molecule has 8 nitrogen and oxygen atoms in total. The van der Waals surface area contributed by atoms with Gasteiger partial charge in [0, 0.05) is 35.3 Å². The SMILES string of the molecule is Cc1cc(N[C@@H](C)c2nc(-c3cccnc3)no2)n2nc(C)c(C)c2n1. The lowest BCUT2D eigenvalue weighted by atomic mass is 10.2. The molecule has 0 bridgehead atoms. The summed E-state index contributed by atoms with van der Waals surface area (Å²) < 4.78 is 7.24. The van der Waals surface area contributed by atoms with Crippen LogP contribution in [0.25, 0.3) is 17.0 Å². The summed E-state index contributed by atoms with van der Waals surface area (Å²) in [5, 5.41) is 12.0. The zero-order chi connectivity index (χ0) is 18.3. The molecule has 4 rings (SSSR count). The third kappa shape index (κ3) is 2.79. The molecule has 0 radical (unpaired) electrons. The molecule has 26 heavy (non-hydrogen) atoms. The van der Waals surface area contributed by atoms with Gasteiger partial charge in [0.05, 0.1) is 5.69 Å². The molecule has 4 aromatic heterocycles. The number of aryl methyl sites for hydroxylation is 3. The maximum Gasteiger partial charge on any atom is 0.249 e. The van der Waals surface area contributed by atoms with E-state index < -0.39 is 0 Å². The maximum atomic E-state index is 5.43. The highest BCUT2D eigenvalue weighted by molar-refractivity contribution is 5.56.